The lowest BCUT2D eigenvalue weighted by molar-refractivity contribution is -0.196. The van der Waals surface area contributed by atoms with Crippen LogP contribution in [-0.4, -0.2) is 33.5 Å². The van der Waals surface area contributed by atoms with E-state index >= 15 is 0 Å². The first-order valence-corrected chi connectivity index (χ1v) is 11.8. The highest BCUT2D eigenvalue weighted by molar-refractivity contribution is 5.66. The number of hydrogen-bond acceptors (Lipinski definition) is 3. The predicted octanol–water partition coefficient (Wildman–Crippen LogP) is 4.48. The molecule has 4 aliphatic carbocycles. The first-order valence-electron chi connectivity index (χ1n) is 11.8. The van der Waals surface area contributed by atoms with E-state index < -0.39 is 18.2 Å². The normalized spacial score (nSPS) is 51.7. The highest BCUT2D eigenvalue weighted by Gasteiger charge is 2.62. The van der Waals surface area contributed by atoms with Crippen LogP contribution in [0.2, 0.25) is 0 Å². The Balaban J connectivity index is 1.55. The molecule has 4 aliphatic rings. The molecule has 28 heavy (non-hydrogen) atoms. The highest BCUT2D eigenvalue weighted by atomic mass is 16.4. The number of aliphatic hydroxyl groups excluding tert-OH is 2. The van der Waals surface area contributed by atoms with Crippen molar-refractivity contribution in [3.8, 4) is 0 Å². The molecule has 0 aromatic heterocycles. The quantitative estimate of drug-likeness (QED) is 0.659. The summed E-state index contributed by atoms with van der Waals surface area (Å²) in [7, 11) is 0. The topological polar surface area (TPSA) is 77.8 Å². The Hall–Kier alpha value is -0.610. The molecular weight excluding hydrogens is 352 g/mol. The molecule has 10 atom stereocenters. The Morgan fingerprint density at radius 3 is 2.43 bits per heavy atom. The van der Waals surface area contributed by atoms with E-state index in [2.05, 4.69) is 20.8 Å². The third kappa shape index (κ3) is 2.96. The summed E-state index contributed by atoms with van der Waals surface area (Å²) < 4.78 is 0. The van der Waals surface area contributed by atoms with Crippen LogP contribution in [0.3, 0.4) is 0 Å². The van der Waals surface area contributed by atoms with Crippen LogP contribution in [0.4, 0.5) is 0 Å². The van der Waals surface area contributed by atoms with Gasteiger partial charge in [0.1, 0.15) is 0 Å². The lowest BCUT2D eigenvalue weighted by Crippen LogP contribution is -2.60. The Labute approximate surface area is 170 Å². The first kappa shape index (κ1) is 20.7. The maximum absolute atomic E-state index is 11.1. The van der Waals surface area contributed by atoms with E-state index in [0.29, 0.717) is 40.9 Å². The third-order valence-electron chi connectivity index (χ3n) is 10.4. The molecule has 0 aromatic rings. The Morgan fingerprint density at radius 2 is 1.71 bits per heavy atom. The molecule has 4 rings (SSSR count). The summed E-state index contributed by atoms with van der Waals surface area (Å²) in [6, 6.07) is 0. The molecule has 0 spiro atoms. The van der Waals surface area contributed by atoms with Crippen molar-refractivity contribution >= 4 is 5.97 Å². The molecule has 4 saturated carbocycles. The molecule has 3 unspecified atom stereocenters. The van der Waals surface area contributed by atoms with Gasteiger partial charge in [-0.25, -0.2) is 0 Å². The maximum Gasteiger partial charge on any atom is 0.303 e. The fourth-order valence-corrected chi connectivity index (χ4v) is 8.86. The van der Waals surface area contributed by atoms with Gasteiger partial charge in [-0.3, -0.25) is 4.79 Å². The third-order valence-corrected chi connectivity index (χ3v) is 10.4. The molecule has 160 valence electrons. The maximum atomic E-state index is 11.1. The second-order valence-corrected chi connectivity index (χ2v) is 11.2. The van der Waals surface area contributed by atoms with E-state index in [-0.39, 0.29) is 11.8 Å². The molecule has 4 fully saturated rings. The van der Waals surface area contributed by atoms with Crippen LogP contribution in [0.5, 0.6) is 0 Å². The van der Waals surface area contributed by atoms with Crippen LogP contribution in [0.25, 0.3) is 0 Å². The average Bonchev–Trinajstić information content (AvgIpc) is 3.01. The molecule has 0 amide bonds. The lowest BCUT2D eigenvalue weighted by Gasteiger charge is -2.62. The van der Waals surface area contributed by atoms with E-state index in [1.807, 2.05) is 0 Å². The van der Waals surface area contributed by atoms with Gasteiger partial charge in [0.2, 0.25) is 0 Å². The zero-order valence-corrected chi connectivity index (χ0v) is 17.9. The van der Waals surface area contributed by atoms with Crippen molar-refractivity contribution in [3.63, 3.8) is 0 Å². The van der Waals surface area contributed by atoms with Crippen LogP contribution in [0.15, 0.2) is 0 Å². The van der Waals surface area contributed by atoms with Crippen molar-refractivity contribution in [2.24, 2.45) is 46.3 Å². The van der Waals surface area contributed by atoms with Crippen LogP contribution >= 0.6 is 0 Å². The van der Waals surface area contributed by atoms with Crippen molar-refractivity contribution in [1.29, 1.82) is 0 Å². The number of hydrogen-bond donors (Lipinski definition) is 3. The number of rotatable bonds is 4. The van der Waals surface area contributed by atoms with Gasteiger partial charge in [0.05, 0.1) is 12.2 Å². The monoisotopic (exact) mass is 392 g/mol. The number of fused-ring (bicyclic) bond motifs is 5. The van der Waals surface area contributed by atoms with Gasteiger partial charge < -0.3 is 15.3 Å². The van der Waals surface area contributed by atoms with Gasteiger partial charge in [0, 0.05) is 11.8 Å². The fraction of sp³-hybridized carbons (Fsp3) is 0.958. The van der Waals surface area contributed by atoms with Gasteiger partial charge in [0.25, 0.3) is 0 Å². The zero-order chi connectivity index (χ0) is 20.3. The summed E-state index contributed by atoms with van der Waals surface area (Å²) in [5.74, 6) is 2.88. The Morgan fingerprint density at radius 1 is 1.00 bits per heavy atom. The molecule has 0 saturated heterocycles. The van der Waals surface area contributed by atoms with Gasteiger partial charge in [-0.15, -0.1) is 0 Å². The van der Waals surface area contributed by atoms with Gasteiger partial charge in [-0.2, -0.15) is 0 Å². The number of carbonyl (C=O) groups is 1. The molecule has 4 heteroatoms. The van der Waals surface area contributed by atoms with E-state index in [1.165, 1.54) is 32.1 Å². The number of aliphatic carboxylic acids is 1. The van der Waals surface area contributed by atoms with Gasteiger partial charge in [0.15, 0.2) is 0 Å². The first-order chi connectivity index (χ1) is 13.2. The summed E-state index contributed by atoms with van der Waals surface area (Å²) in [5.41, 5.74) is 0.190. The molecular formula is C24H40O4. The minimum absolute atomic E-state index is 0.130. The summed E-state index contributed by atoms with van der Waals surface area (Å²) in [6.07, 6.45) is 9.11. The fourth-order valence-electron chi connectivity index (χ4n) is 8.86. The van der Waals surface area contributed by atoms with Crippen LogP contribution < -0.4 is 0 Å². The number of aliphatic hydroxyl groups is 2. The highest BCUT2D eigenvalue weighted by Crippen LogP contribution is 2.68. The predicted molar refractivity (Wildman–Crippen MR) is 109 cm³/mol. The minimum Gasteiger partial charge on any atom is -0.481 e. The van der Waals surface area contributed by atoms with Gasteiger partial charge in [-0.05, 0) is 98.7 Å². The van der Waals surface area contributed by atoms with Crippen molar-refractivity contribution in [2.45, 2.75) is 97.2 Å². The molecule has 0 aromatic carbocycles. The smallest absolute Gasteiger partial charge is 0.303 e. The van der Waals surface area contributed by atoms with Crippen molar-refractivity contribution < 1.29 is 20.1 Å². The second kappa shape index (κ2) is 7.27. The summed E-state index contributed by atoms with van der Waals surface area (Å²) in [4.78, 5) is 11.1. The van der Waals surface area contributed by atoms with E-state index in [4.69, 9.17) is 5.11 Å². The zero-order valence-electron chi connectivity index (χ0n) is 17.9. The summed E-state index contributed by atoms with van der Waals surface area (Å²) >= 11 is 0. The SMILES string of the molecule is C[C@H](CCC(=O)O)[C@H]1CC[C@H]2[C@@H]3CCC4CCC(O)C(O)[C@]4(C)[C@H]3CC[C@]12C. The summed E-state index contributed by atoms with van der Waals surface area (Å²) in [6.45, 7) is 7.04. The van der Waals surface area contributed by atoms with E-state index in [9.17, 15) is 15.0 Å². The van der Waals surface area contributed by atoms with E-state index in [1.54, 1.807) is 0 Å². The number of carboxylic acids is 1. The standard InChI is InChI=1S/C24H40O4/c1-14(4-11-21(26)27)17-8-9-18-16-7-5-15-6-10-20(25)22(28)24(15,3)19(16)12-13-23(17,18)2/h14-20,22,25,28H,4-13H2,1-3H3,(H,26,27)/t14-,15?,16+,17-,18+,19+,20?,22?,23-,24+/m1/s1. The summed E-state index contributed by atoms with van der Waals surface area (Å²) in [5, 5.41) is 30.6. The molecule has 0 heterocycles. The van der Waals surface area contributed by atoms with Crippen LogP contribution in [-0.2, 0) is 4.79 Å². The van der Waals surface area contributed by atoms with Crippen LogP contribution in [0, 0.1) is 46.3 Å². The van der Waals surface area contributed by atoms with E-state index in [0.717, 1.165) is 25.7 Å². The minimum atomic E-state index is -0.675. The van der Waals surface area contributed by atoms with Crippen molar-refractivity contribution in [1.82, 2.24) is 0 Å². The van der Waals surface area contributed by atoms with Gasteiger partial charge in [-0.1, -0.05) is 20.8 Å². The lowest BCUT2D eigenvalue weighted by atomic mass is 9.43. The molecule has 0 aliphatic heterocycles. The number of carboxylic acid groups (broad SMARTS) is 1. The van der Waals surface area contributed by atoms with Crippen LogP contribution in [0.1, 0.15) is 85.0 Å². The van der Waals surface area contributed by atoms with Crippen molar-refractivity contribution in [3.05, 3.63) is 0 Å². The van der Waals surface area contributed by atoms with Crippen molar-refractivity contribution in [2.75, 3.05) is 0 Å². The second-order valence-electron chi connectivity index (χ2n) is 11.2. The largest absolute Gasteiger partial charge is 0.481 e. The van der Waals surface area contributed by atoms with Gasteiger partial charge >= 0.3 is 5.97 Å². The molecule has 4 nitrogen and oxygen atoms in total. The molecule has 0 bridgehead atoms. The molecule has 3 N–H and O–H groups in total. The average molecular weight is 393 g/mol. The Kier molecular flexibility index (Phi) is 5.36. The Bertz CT molecular complexity index is 601. The molecule has 0 radical (unpaired) electrons.